The third-order valence-electron chi connectivity index (χ3n) is 3.30. The van der Waals surface area contributed by atoms with Crippen LogP contribution in [-0.2, 0) is 4.79 Å². The minimum Gasteiger partial charge on any atom is -0.507 e. The van der Waals surface area contributed by atoms with E-state index in [1.807, 2.05) is 0 Å². The molecule has 3 rings (SSSR count). The van der Waals surface area contributed by atoms with Crippen LogP contribution in [0.1, 0.15) is 21.9 Å². The minimum absolute atomic E-state index is 0.275. The van der Waals surface area contributed by atoms with Crippen LogP contribution in [0, 0.1) is 6.92 Å². The molecule has 1 fully saturated rings. The van der Waals surface area contributed by atoms with E-state index in [1.165, 1.54) is 23.1 Å². The summed E-state index contributed by atoms with van der Waals surface area (Å²) in [5.41, 5.74) is -0.0149. The molecule has 0 spiro atoms. The maximum Gasteiger partial charge on any atom is 0.339 e. The monoisotopic (exact) mass is 361 g/mol. The van der Waals surface area contributed by atoms with Crippen molar-refractivity contribution in [3.8, 4) is 5.75 Å². The number of aromatic carboxylic acids is 1. The third kappa shape index (κ3) is 2.93. The van der Waals surface area contributed by atoms with Crippen molar-refractivity contribution in [3.05, 3.63) is 52.3 Å². The van der Waals surface area contributed by atoms with E-state index in [0.29, 0.717) is 10.7 Å². The van der Waals surface area contributed by atoms with Crippen LogP contribution in [0.15, 0.2) is 39.7 Å². The van der Waals surface area contributed by atoms with Crippen LogP contribution in [-0.4, -0.2) is 26.4 Å². The van der Waals surface area contributed by atoms with E-state index in [4.69, 9.17) is 21.7 Å². The van der Waals surface area contributed by atoms with Crippen LogP contribution >= 0.6 is 24.0 Å². The second-order valence-electron chi connectivity index (χ2n) is 4.97. The number of phenols is 1. The molecule has 2 N–H and O–H groups in total. The number of hydrogen-bond acceptors (Lipinski definition) is 6. The topological polar surface area (TPSA) is 91.0 Å². The maximum atomic E-state index is 12.6. The number of hydrogen-bond donors (Lipinski definition) is 2. The van der Waals surface area contributed by atoms with E-state index in [1.54, 1.807) is 25.1 Å². The van der Waals surface area contributed by atoms with E-state index in [0.717, 1.165) is 17.5 Å². The highest BCUT2D eigenvalue weighted by Gasteiger charge is 2.34. The minimum atomic E-state index is -1.29. The Bertz CT molecular complexity index is 900. The van der Waals surface area contributed by atoms with Gasteiger partial charge in [-0.05, 0) is 37.3 Å². The molecule has 24 heavy (non-hydrogen) atoms. The molecule has 2 aromatic rings. The van der Waals surface area contributed by atoms with Gasteiger partial charge in [-0.3, -0.25) is 9.69 Å². The third-order valence-corrected chi connectivity index (χ3v) is 4.60. The molecule has 1 amide bonds. The van der Waals surface area contributed by atoms with Gasteiger partial charge in [0.25, 0.3) is 5.91 Å². The molecule has 0 saturated carbocycles. The Morgan fingerprint density at radius 3 is 2.71 bits per heavy atom. The number of rotatable bonds is 3. The standard InChI is InChI=1S/C16H11NO5S2/c1-8-2-4-10(22-8)7-13-14(19)17(16(23)24-13)9-3-5-12(18)11(6-9)15(20)21/h2-7,18H,1H3,(H,20,21)/b13-7-. The molecule has 6 nitrogen and oxygen atoms in total. The SMILES string of the molecule is Cc1ccc(/C=C2\SC(=S)N(c3ccc(O)c(C(=O)O)c3)C2=O)o1. The molecule has 1 aromatic carbocycles. The molecule has 0 bridgehead atoms. The molecule has 1 saturated heterocycles. The zero-order valence-corrected chi connectivity index (χ0v) is 14.0. The summed E-state index contributed by atoms with van der Waals surface area (Å²) in [5, 5.41) is 18.7. The summed E-state index contributed by atoms with van der Waals surface area (Å²) in [6.07, 6.45) is 1.59. The number of carbonyl (C=O) groups excluding carboxylic acids is 1. The predicted molar refractivity (Wildman–Crippen MR) is 94.2 cm³/mol. The number of thioether (sulfide) groups is 1. The van der Waals surface area contributed by atoms with Gasteiger partial charge in [-0.15, -0.1) is 0 Å². The Morgan fingerprint density at radius 1 is 1.33 bits per heavy atom. The van der Waals surface area contributed by atoms with Crippen molar-refractivity contribution in [2.45, 2.75) is 6.92 Å². The number of amides is 1. The normalized spacial score (nSPS) is 16.2. The molecule has 122 valence electrons. The molecule has 1 aliphatic rings. The van der Waals surface area contributed by atoms with Gasteiger partial charge in [0.2, 0.25) is 0 Å². The molecule has 0 unspecified atom stereocenters. The highest BCUT2D eigenvalue weighted by Crippen LogP contribution is 2.37. The van der Waals surface area contributed by atoms with Gasteiger partial charge in [0.1, 0.15) is 22.8 Å². The lowest BCUT2D eigenvalue weighted by Gasteiger charge is -2.15. The van der Waals surface area contributed by atoms with E-state index in [9.17, 15) is 14.7 Å². The number of aromatic hydroxyl groups is 1. The van der Waals surface area contributed by atoms with Gasteiger partial charge < -0.3 is 14.6 Å². The molecule has 8 heteroatoms. The molecule has 2 heterocycles. The average Bonchev–Trinajstić information content (AvgIpc) is 3.04. The Labute approximate surface area is 146 Å². The van der Waals surface area contributed by atoms with Crippen LogP contribution in [0.4, 0.5) is 5.69 Å². The zero-order chi connectivity index (χ0) is 17.4. The summed E-state index contributed by atoms with van der Waals surface area (Å²) in [5.74, 6) is -0.785. The van der Waals surface area contributed by atoms with Crippen LogP contribution in [0.3, 0.4) is 0 Å². The zero-order valence-electron chi connectivity index (χ0n) is 12.3. The molecular weight excluding hydrogens is 350 g/mol. The lowest BCUT2D eigenvalue weighted by atomic mass is 10.1. The Balaban J connectivity index is 1.97. The lowest BCUT2D eigenvalue weighted by Crippen LogP contribution is -2.27. The Kier molecular flexibility index (Phi) is 4.16. The molecule has 1 aromatic heterocycles. The molecule has 0 aliphatic carbocycles. The van der Waals surface area contributed by atoms with Crippen molar-refractivity contribution in [2.75, 3.05) is 4.90 Å². The number of benzene rings is 1. The number of nitrogens with zero attached hydrogens (tertiary/aromatic N) is 1. The van der Waals surface area contributed by atoms with Crippen LogP contribution < -0.4 is 4.90 Å². The number of thiocarbonyl (C=S) groups is 1. The first kappa shape index (κ1) is 16.3. The maximum absolute atomic E-state index is 12.6. The summed E-state index contributed by atoms with van der Waals surface area (Å²) in [4.78, 5) is 25.3. The highest BCUT2D eigenvalue weighted by atomic mass is 32.2. The fourth-order valence-electron chi connectivity index (χ4n) is 2.18. The highest BCUT2D eigenvalue weighted by molar-refractivity contribution is 8.27. The van der Waals surface area contributed by atoms with Crippen molar-refractivity contribution in [1.29, 1.82) is 0 Å². The van der Waals surface area contributed by atoms with Gasteiger partial charge in [-0.25, -0.2) is 4.79 Å². The number of furan rings is 1. The number of carboxylic acid groups (broad SMARTS) is 1. The fourth-order valence-corrected chi connectivity index (χ4v) is 3.46. The van der Waals surface area contributed by atoms with Crippen LogP contribution in [0.25, 0.3) is 6.08 Å². The number of aryl methyl sites for hydroxylation is 1. The second-order valence-corrected chi connectivity index (χ2v) is 6.65. The van der Waals surface area contributed by atoms with Crippen LogP contribution in [0.5, 0.6) is 5.75 Å². The van der Waals surface area contributed by atoms with Crippen molar-refractivity contribution in [3.63, 3.8) is 0 Å². The summed E-state index contributed by atoms with van der Waals surface area (Å²) >= 11 is 6.32. The van der Waals surface area contributed by atoms with Crippen molar-refractivity contribution in [1.82, 2.24) is 0 Å². The van der Waals surface area contributed by atoms with Crippen molar-refractivity contribution < 1.29 is 24.2 Å². The van der Waals surface area contributed by atoms with E-state index in [2.05, 4.69) is 0 Å². The first-order valence-corrected chi connectivity index (χ1v) is 8.00. The summed E-state index contributed by atoms with van der Waals surface area (Å²) < 4.78 is 5.70. The quantitative estimate of drug-likeness (QED) is 0.639. The van der Waals surface area contributed by atoms with Gasteiger partial charge in [0, 0.05) is 6.08 Å². The van der Waals surface area contributed by atoms with Gasteiger partial charge in [0.05, 0.1) is 10.6 Å². The number of anilines is 1. The average molecular weight is 361 g/mol. The fraction of sp³-hybridized carbons (Fsp3) is 0.0625. The van der Waals surface area contributed by atoms with E-state index < -0.39 is 5.97 Å². The van der Waals surface area contributed by atoms with Gasteiger partial charge in [-0.1, -0.05) is 24.0 Å². The lowest BCUT2D eigenvalue weighted by molar-refractivity contribution is -0.113. The van der Waals surface area contributed by atoms with E-state index in [-0.39, 0.29) is 27.2 Å². The van der Waals surface area contributed by atoms with E-state index >= 15 is 0 Å². The number of carbonyl (C=O) groups is 2. The largest absolute Gasteiger partial charge is 0.507 e. The summed E-state index contributed by atoms with van der Waals surface area (Å²) in [6, 6.07) is 7.39. The molecule has 1 aliphatic heterocycles. The first-order chi connectivity index (χ1) is 11.4. The van der Waals surface area contributed by atoms with Crippen LogP contribution in [0.2, 0.25) is 0 Å². The van der Waals surface area contributed by atoms with Gasteiger partial charge in [-0.2, -0.15) is 0 Å². The van der Waals surface area contributed by atoms with Gasteiger partial charge >= 0.3 is 5.97 Å². The predicted octanol–water partition coefficient (Wildman–Crippen LogP) is 3.40. The Hall–Kier alpha value is -2.58. The molecular formula is C16H11NO5S2. The number of carboxylic acids is 1. The van der Waals surface area contributed by atoms with Crippen molar-refractivity contribution >= 4 is 51.9 Å². The first-order valence-electron chi connectivity index (χ1n) is 6.77. The summed E-state index contributed by atoms with van der Waals surface area (Å²) in [7, 11) is 0. The second kappa shape index (κ2) is 6.14. The smallest absolute Gasteiger partial charge is 0.339 e. The summed E-state index contributed by atoms with van der Waals surface area (Å²) in [6.45, 7) is 1.80. The molecule has 0 atom stereocenters. The van der Waals surface area contributed by atoms with Gasteiger partial charge in [0.15, 0.2) is 4.32 Å². The van der Waals surface area contributed by atoms with Crippen molar-refractivity contribution in [2.24, 2.45) is 0 Å². The molecule has 0 radical (unpaired) electrons. The Morgan fingerprint density at radius 2 is 2.08 bits per heavy atom.